The summed E-state index contributed by atoms with van der Waals surface area (Å²) in [6, 6.07) is 6.28. The van der Waals surface area contributed by atoms with Crippen LogP contribution in [0.25, 0.3) is 0 Å². The second-order valence-electron chi connectivity index (χ2n) is 6.02. The van der Waals surface area contributed by atoms with E-state index in [0.29, 0.717) is 13.2 Å². The van der Waals surface area contributed by atoms with Crippen molar-refractivity contribution in [3.8, 4) is 11.5 Å². The minimum Gasteiger partial charge on any atom is -0.490 e. The second kappa shape index (κ2) is 7.14. The van der Waals surface area contributed by atoms with Gasteiger partial charge < -0.3 is 19.5 Å². The van der Waals surface area contributed by atoms with E-state index in [9.17, 15) is 0 Å². The number of rotatable bonds is 6. The maximum Gasteiger partial charge on any atom is 0.161 e. The van der Waals surface area contributed by atoms with E-state index >= 15 is 0 Å². The van der Waals surface area contributed by atoms with Crippen LogP contribution in [0.15, 0.2) is 18.2 Å². The number of fused-ring (bicyclic) bond motifs is 1. The molecule has 1 heterocycles. The first kappa shape index (κ1) is 16.1. The molecule has 1 aliphatic heterocycles. The molecule has 0 bridgehead atoms. The Morgan fingerprint density at radius 3 is 2.62 bits per heavy atom. The molecule has 1 aromatic rings. The molecule has 2 rings (SSSR count). The van der Waals surface area contributed by atoms with Gasteiger partial charge in [0.05, 0.1) is 31.5 Å². The Morgan fingerprint density at radius 2 is 1.95 bits per heavy atom. The monoisotopic (exact) mass is 293 g/mol. The summed E-state index contributed by atoms with van der Waals surface area (Å²) in [6.07, 6.45) is 1.91. The number of hydrogen-bond acceptors (Lipinski definition) is 4. The molecule has 0 radical (unpaired) electrons. The largest absolute Gasteiger partial charge is 0.490 e. The van der Waals surface area contributed by atoms with Crippen molar-refractivity contribution in [2.75, 3.05) is 26.9 Å². The summed E-state index contributed by atoms with van der Waals surface area (Å²) >= 11 is 0. The molecule has 0 saturated heterocycles. The quantitative estimate of drug-likeness (QED) is 0.873. The Bertz CT molecular complexity index is 459. The smallest absolute Gasteiger partial charge is 0.161 e. The van der Waals surface area contributed by atoms with Gasteiger partial charge in [0.2, 0.25) is 0 Å². The molecule has 1 unspecified atom stereocenters. The number of nitrogens with one attached hydrogen (secondary N) is 1. The van der Waals surface area contributed by atoms with Crippen molar-refractivity contribution in [3.63, 3.8) is 0 Å². The molecule has 0 saturated carbocycles. The number of benzene rings is 1. The molecule has 0 aromatic heterocycles. The van der Waals surface area contributed by atoms with Crippen molar-refractivity contribution in [1.29, 1.82) is 0 Å². The molecule has 0 aliphatic carbocycles. The average Bonchev–Trinajstić information content (AvgIpc) is 2.72. The van der Waals surface area contributed by atoms with Gasteiger partial charge in [0.1, 0.15) is 0 Å². The van der Waals surface area contributed by atoms with Crippen LogP contribution < -0.4 is 14.8 Å². The van der Waals surface area contributed by atoms with Crippen molar-refractivity contribution >= 4 is 0 Å². The van der Waals surface area contributed by atoms with Gasteiger partial charge >= 0.3 is 0 Å². The Labute approximate surface area is 127 Å². The predicted octanol–water partition coefficient (Wildman–Crippen LogP) is 3.31. The third-order valence-corrected chi connectivity index (χ3v) is 4.01. The molecular formula is C17H27NO3. The fourth-order valence-electron chi connectivity index (χ4n) is 2.15. The van der Waals surface area contributed by atoms with Crippen LogP contribution in [0.2, 0.25) is 0 Å². The molecule has 1 atom stereocenters. The van der Waals surface area contributed by atoms with Crippen LogP contribution >= 0.6 is 0 Å². The SMILES string of the molecule is CCC(C)(C)OCC(NC)c1ccc2c(c1)OCCCO2. The first-order chi connectivity index (χ1) is 10.1. The van der Waals surface area contributed by atoms with Gasteiger partial charge in [0.15, 0.2) is 11.5 Å². The molecular weight excluding hydrogens is 266 g/mol. The fraction of sp³-hybridized carbons (Fsp3) is 0.647. The normalized spacial score (nSPS) is 16.4. The molecule has 0 amide bonds. The maximum atomic E-state index is 6.02. The van der Waals surface area contributed by atoms with Crippen molar-refractivity contribution in [2.24, 2.45) is 0 Å². The van der Waals surface area contributed by atoms with E-state index in [1.54, 1.807) is 0 Å². The van der Waals surface area contributed by atoms with E-state index in [0.717, 1.165) is 36.5 Å². The molecule has 4 heteroatoms. The van der Waals surface area contributed by atoms with E-state index in [4.69, 9.17) is 14.2 Å². The Morgan fingerprint density at radius 1 is 1.24 bits per heavy atom. The van der Waals surface area contributed by atoms with Gasteiger partial charge in [0, 0.05) is 6.42 Å². The topological polar surface area (TPSA) is 39.7 Å². The molecule has 1 aromatic carbocycles. The summed E-state index contributed by atoms with van der Waals surface area (Å²) in [5.41, 5.74) is 1.06. The highest BCUT2D eigenvalue weighted by atomic mass is 16.5. The highest BCUT2D eigenvalue weighted by Gasteiger charge is 2.20. The molecule has 118 valence electrons. The summed E-state index contributed by atoms with van der Waals surface area (Å²) < 4.78 is 17.4. The summed E-state index contributed by atoms with van der Waals surface area (Å²) in [4.78, 5) is 0. The zero-order valence-corrected chi connectivity index (χ0v) is 13.6. The first-order valence-electron chi connectivity index (χ1n) is 7.76. The van der Waals surface area contributed by atoms with Crippen LogP contribution in [0, 0.1) is 0 Å². The van der Waals surface area contributed by atoms with Crippen molar-refractivity contribution < 1.29 is 14.2 Å². The molecule has 1 N–H and O–H groups in total. The third kappa shape index (κ3) is 4.35. The molecule has 4 nitrogen and oxygen atoms in total. The van der Waals surface area contributed by atoms with E-state index in [2.05, 4.69) is 38.2 Å². The lowest BCUT2D eigenvalue weighted by molar-refractivity contribution is -0.0300. The number of likely N-dealkylation sites (N-methyl/N-ethyl adjacent to an activating group) is 1. The van der Waals surface area contributed by atoms with E-state index < -0.39 is 0 Å². The van der Waals surface area contributed by atoms with Crippen LogP contribution in [0.4, 0.5) is 0 Å². The van der Waals surface area contributed by atoms with Gasteiger partial charge in [-0.2, -0.15) is 0 Å². The second-order valence-corrected chi connectivity index (χ2v) is 6.02. The molecule has 1 aliphatic rings. The Hall–Kier alpha value is -1.26. The summed E-state index contributed by atoms with van der Waals surface area (Å²) in [5.74, 6) is 1.67. The molecule has 21 heavy (non-hydrogen) atoms. The van der Waals surface area contributed by atoms with Gasteiger partial charge in [-0.3, -0.25) is 0 Å². The number of hydrogen-bond donors (Lipinski definition) is 1. The van der Waals surface area contributed by atoms with Crippen LogP contribution in [0.5, 0.6) is 11.5 Å². The van der Waals surface area contributed by atoms with Crippen molar-refractivity contribution in [1.82, 2.24) is 5.32 Å². The van der Waals surface area contributed by atoms with Gasteiger partial charge in [-0.15, -0.1) is 0 Å². The summed E-state index contributed by atoms with van der Waals surface area (Å²) in [6.45, 7) is 8.44. The average molecular weight is 293 g/mol. The maximum absolute atomic E-state index is 6.02. The molecule has 0 fully saturated rings. The highest BCUT2D eigenvalue weighted by Crippen LogP contribution is 2.32. The van der Waals surface area contributed by atoms with E-state index in [1.165, 1.54) is 0 Å². The summed E-state index contributed by atoms with van der Waals surface area (Å²) in [7, 11) is 1.95. The minimum atomic E-state index is -0.0968. The van der Waals surface area contributed by atoms with Gasteiger partial charge in [0.25, 0.3) is 0 Å². The lowest BCUT2D eigenvalue weighted by Gasteiger charge is -2.27. The lowest BCUT2D eigenvalue weighted by atomic mass is 10.0. The van der Waals surface area contributed by atoms with Gasteiger partial charge in [-0.05, 0) is 45.0 Å². The predicted molar refractivity (Wildman–Crippen MR) is 84.2 cm³/mol. The van der Waals surface area contributed by atoms with Crippen LogP contribution in [-0.2, 0) is 4.74 Å². The van der Waals surface area contributed by atoms with Crippen molar-refractivity contribution in [2.45, 2.75) is 45.3 Å². The minimum absolute atomic E-state index is 0.0968. The Kier molecular flexibility index (Phi) is 5.48. The van der Waals surface area contributed by atoms with Crippen LogP contribution in [-0.4, -0.2) is 32.5 Å². The molecule has 0 spiro atoms. The Balaban J connectivity index is 2.09. The summed E-state index contributed by atoms with van der Waals surface area (Å²) in [5, 5.41) is 3.32. The fourth-order valence-corrected chi connectivity index (χ4v) is 2.15. The van der Waals surface area contributed by atoms with E-state index in [1.807, 2.05) is 13.1 Å². The van der Waals surface area contributed by atoms with E-state index in [-0.39, 0.29) is 11.6 Å². The van der Waals surface area contributed by atoms with Gasteiger partial charge in [-0.25, -0.2) is 0 Å². The standard InChI is InChI=1S/C17H27NO3/c1-5-17(2,3)21-12-14(18-4)13-7-8-15-16(11-13)20-10-6-9-19-15/h7-8,11,14,18H,5-6,9-10,12H2,1-4H3. The first-order valence-corrected chi connectivity index (χ1v) is 7.76. The van der Waals surface area contributed by atoms with Crippen LogP contribution in [0.1, 0.15) is 45.2 Å². The third-order valence-electron chi connectivity index (χ3n) is 4.01. The zero-order chi connectivity index (χ0) is 15.3. The lowest BCUT2D eigenvalue weighted by Crippen LogP contribution is -2.30. The number of ether oxygens (including phenoxy) is 3. The zero-order valence-electron chi connectivity index (χ0n) is 13.6. The van der Waals surface area contributed by atoms with Crippen molar-refractivity contribution in [3.05, 3.63) is 23.8 Å². The van der Waals surface area contributed by atoms with Crippen LogP contribution in [0.3, 0.4) is 0 Å². The van der Waals surface area contributed by atoms with Gasteiger partial charge in [-0.1, -0.05) is 13.0 Å². The highest BCUT2D eigenvalue weighted by molar-refractivity contribution is 5.44.